The molecule has 142 valence electrons. The van der Waals surface area contributed by atoms with Crippen LogP contribution in [0.15, 0.2) is 66.0 Å². The molecular weight excluding hydrogens is 374 g/mol. The maximum atomic E-state index is 12.6. The van der Waals surface area contributed by atoms with Gasteiger partial charge in [0.05, 0.1) is 11.4 Å². The van der Waals surface area contributed by atoms with E-state index in [0.717, 1.165) is 16.7 Å². The smallest absolute Gasteiger partial charge is 0.262 e. The van der Waals surface area contributed by atoms with Gasteiger partial charge in [0, 0.05) is 17.7 Å². The molecule has 3 aromatic rings. The number of thiophene rings is 1. The fraction of sp³-hybridized carbons (Fsp3) is 0.0952. The molecule has 3 amide bonds. The Kier molecular flexibility index (Phi) is 6.18. The monoisotopic (exact) mass is 393 g/mol. The van der Waals surface area contributed by atoms with Crippen molar-refractivity contribution in [3.05, 3.63) is 82.0 Å². The van der Waals surface area contributed by atoms with E-state index >= 15 is 0 Å². The van der Waals surface area contributed by atoms with Crippen LogP contribution in [0.25, 0.3) is 11.1 Å². The van der Waals surface area contributed by atoms with Crippen LogP contribution < -0.4 is 16.4 Å². The lowest BCUT2D eigenvalue weighted by atomic mass is 10.1. The van der Waals surface area contributed by atoms with Crippen molar-refractivity contribution in [2.45, 2.75) is 6.54 Å². The highest BCUT2D eigenvalue weighted by molar-refractivity contribution is 7.12. The molecule has 0 aliphatic heterocycles. The summed E-state index contributed by atoms with van der Waals surface area (Å²) in [4.78, 5) is 35.8. The second kappa shape index (κ2) is 8.96. The zero-order valence-electron chi connectivity index (χ0n) is 15.0. The standard InChI is InChI=1S/C21H19N3O3S/c22-18(25)13-24-20(26)16-8-6-14(7-9-16)12-23-21(27)19-17(10-11-28-19)15-4-2-1-3-5-15/h1-11H,12-13H2,(H2,22,25)(H,23,27)(H,24,26). The third-order valence-electron chi connectivity index (χ3n) is 4.05. The predicted molar refractivity (Wildman–Crippen MR) is 109 cm³/mol. The highest BCUT2D eigenvalue weighted by Gasteiger charge is 2.14. The average Bonchev–Trinajstić information content (AvgIpc) is 3.21. The van der Waals surface area contributed by atoms with Crippen molar-refractivity contribution in [2.24, 2.45) is 5.73 Å². The molecule has 0 radical (unpaired) electrons. The Bertz CT molecular complexity index is 982. The van der Waals surface area contributed by atoms with E-state index in [1.807, 2.05) is 41.8 Å². The Morgan fingerprint density at radius 2 is 1.57 bits per heavy atom. The molecule has 0 fully saturated rings. The molecule has 0 aliphatic rings. The normalized spacial score (nSPS) is 10.3. The minimum Gasteiger partial charge on any atom is -0.368 e. The zero-order chi connectivity index (χ0) is 19.9. The Labute approximate surface area is 166 Å². The van der Waals surface area contributed by atoms with Crippen LogP contribution in [0.5, 0.6) is 0 Å². The van der Waals surface area contributed by atoms with Gasteiger partial charge in [-0.2, -0.15) is 0 Å². The van der Waals surface area contributed by atoms with Gasteiger partial charge in [-0.15, -0.1) is 11.3 Å². The van der Waals surface area contributed by atoms with Crippen molar-refractivity contribution in [3.63, 3.8) is 0 Å². The number of benzene rings is 2. The summed E-state index contributed by atoms with van der Waals surface area (Å²) in [7, 11) is 0. The van der Waals surface area contributed by atoms with E-state index in [-0.39, 0.29) is 18.4 Å². The molecule has 2 aromatic carbocycles. The molecule has 0 spiro atoms. The first-order chi connectivity index (χ1) is 13.5. The van der Waals surface area contributed by atoms with Crippen molar-refractivity contribution >= 4 is 29.1 Å². The van der Waals surface area contributed by atoms with Gasteiger partial charge < -0.3 is 16.4 Å². The van der Waals surface area contributed by atoms with Gasteiger partial charge in [-0.3, -0.25) is 14.4 Å². The Balaban J connectivity index is 1.61. The second-order valence-corrected chi connectivity index (χ2v) is 6.97. The van der Waals surface area contributed by atoms with Gasteiger partial charge in [0.15, 0.2) is 0 Å². The lowest BCUT2D eigenvalue weighted by molar-refractivity contribution is -0.117. The highest BCUT2D eigenvalue weighted by atomic mass is 32.1. The lowest BCUT2D eigenvalue weighted by Gasteiger charge is -2.08. The summed E-state index contributed by atoms with van der Waals surface area (Å²) in [5, 5.41) is 7.24. The van der Waals surface area contributed by atoms with E-state index in [1.54, 1.807) is 24.3 Å². The number of rotatable bonds is 7. The summed E-state index contributed by atoms with van der Waals surface area (Å²) in [6.07, 6.45) is 0. The summed E-state index contributed by atoms with van der Waals surface area (Å²) in [5.41, 5.74) is 8.19. The van der Waals surface area contributed by atoms with Crippen molar-refractivity contribution in [1.29, 1.82) is 0 Å². The van der Waals surface area contributed by atoms with Crippen LogP contribution in [0, 0.1) is 0 Å². The number of primary amides is 1. The Morgan fingerprint density at radius 1 is 0.857 bits per heavy atom. The summed E-state index contributed by atoms with van der Waals surface area (Å²) in [6.45, 7) is 0.134. The summed E-state index contributed by atoms with van der Waals surface area (Å²) in [5.74, 6) is -1.12. The van der Waals surface area contributed by atoms with E-state index in [9.17, 15) is 14.4 Å². The maximum absolute atomic E-state index is 12.6. The van der Waals surface area contributed by atoms with Crippen molar-refractivity contribution in [2.75, 3.05) is 6.54 Å². The first kappa shape index (κ1) is 19.3. The molecule has 0 saturated carbocycles. The van der Waals surface area contributed by atoms with Gasteiger partial charge in [0.25, 0.3) is 11.8 Å². The van der Waals surface area contributed by atoms with Gasteiger partial charge in [-0.25, -0.2) is 0 Å². The molecule has 1 aromatic heterocycles. The molecule has 3 rings (SSSR count). The predicted octanol–water partition coefficient (Wildman–Crippen LogP) is 2.56. The van der Waals surface area contributed by atoms with Crippen LogP contribution >= 0.6 is 11.3 Å². The third-order valence-corrected chi connectivity index (χ3v) is 4.96. The molecule has 0 saturated heterocycles. The van der Waals surface area contributed by atoms with Crippen LogP contribution in [0.4, 0.5) is 0 Å². The van der Waals surface area contributed by atoms with Gasteiger partial charge in [0.1, 0.15) is 0 Å². The molecule has 4 N–H and O–H groups in total. The van der Waals surface area contributed by atoms with Crippen molar-refractivity contribution in [3.8, 4) is 11.1 Å². The topological polar surface area (TPSA) is 101 Å². The SMILES string of the molecule is NC(=O)CNC(=O)c1ccc(CNC(=O)c2sccc2-c2ccccc2)cc1. The molecule has 28 heavy (non-hydrogen) atoms. The van der Waals surface area contributed by atoms with E-state index in [1.165, 1.54) is 11.3 Å². The van der Waals surface area contributed by atoms with E-state index < -0.39 is 5.91 Å². The van der Waals surface area contributed by atoms with Gasteiger partial charge >= 0.3 is 0 Å². The Hall–Kier alpha value is -3.45. The van der Waals surface area contributed by atoms with Crippen molar-refractivity contribution < 1.29 is 14.4 Å². The number of hydrogen-bond donors (Lipinski definition) is 3. The molecule has 0 unspecified atom stereocenters. The fourth-order valence-corrected chi connectivity index (χ4v) is 3.47. The molecule has 6 nitrogen and oxygen atoms in total. The number of nitrogens with two attached hydrogens (primary N) is 1. The molecule has 7 heteroatoms. The number of amides is 3. The van der Waals surface area contributed by atoms with E-state index in [2.05, 4.69) is 10.6 Å². The number of nitrogens with one attached hydrogen (secondary N) is 2. The zero-order valence-corrected chi connectivity index (χ0v) is 15.8. The minimum atomic E-state index is -0.601. The van der Waals surface area contributed by atoms with Gasteiger partial charge in [-0.1, -0.05) is 42.5 Å². The van der Waals surface area contributed by atoms with Gasteiger partial charge in [-0.05, 0) is 34.7 Å². The number of carbonyl (C=O) groups is 3. The summed E-state index contributed by atoms with van der Waals surface area (Å²) < 4.78 is 0. The highest BCUT2D eigenvalue weighted by Crippen LogP contribution is 2.28. The largest absolute Gasteiger partial charge is 0.368 e. The molecule has 1 heterocycles. The van der Waals surface area contributed by atoms with E-state index in [4.69, 9.17) is 5.73 Å². The third kappa shape index (κ3) is 4.83. The van der Waals surface area contributed by atoms with Crippen molar-refractivity contribution in [1.82, 2.24) is 10.6 Å². The fourth-order valence-electron chi connectivity index (χ4n) is 2.64. The average molecular weight is 393 g/mol. The Morgan fingerprint density at radius 3 is 2.25 bits per heavy atom. The quantitative estimate of drug-likeness (QED) is 0.575. The van der Waals surface area contributed by atoms with Crippen LogP contribution in [-0.4, -0.2) is 24.3 Å². The summed E-state index contributed by atoms with van der Waals surface area (Å²) >= 11 is 1.40. The molecule has 0 atom stereocenters. The van der Waals surface area contributed by atoms with Crippen LogP contribution in [-0.2, 0) is 11.3 Å². The molecule has 0 bridgehead atoms. The van der Waals surface area contributed by atoms with E-state index in [0.29, 0.717) is 17.0 Å². The molecule has 0 aliphatic carbocycles. The first-order valence-corrected chi connectivity index (χ1v) is 9.49. The summed E-state index contributed by atoms with van der Waals surface area (Å²) in [6, 6.07) is 18.5. The minimum absolute atomic E-state index is 0.142. The maximum Gasteiger partial charge on any atom is 0.262 e. The number of hydrogen-bond acceptors (Lipinski definition) is 4. The van der Waals surface area contributed by atoms with Crippen LogP contribution in [0.1, 0.15) is 25.6 Å². The lowest BCUT2D eigenvalue weighted by Crippen LogP contribution is -2.33. The van der Waals surface area contributed by atoms with Gasteiger partial charge in [0.2, 0.25) is 5.91 Å². The van der Waals surface area contributed by atoms with Crippen LogP contribution in [0.3, 0.4) is 0 Å². The second-order valence-electron chi connectivity index (χ2n) is 6.06. The number of carbonyl (C=O) groups excluding carboxylic acids is 3. The first-order valence-electron chi connectivity index (χ1n) is 8.61. The van der Waals surface area contributed by atoms with Crippen LogP contribution in [0.2, 0.25) is 0 Å². The molecular formula is C21H19N3O3S.